The summed E-state index contributed by atoms with van der Waals surface area (Å²) in [4.78, 5) is 7.07. The van der Waals surface area contributed by atoms with Crippen LogP contribution in [-0.4, -0.2) is 56.7 Å². The Hall–Kier alpha value is -0.930. The van der Waals surface area contributed by atoms with Gasteiger partial charge in [0.25, 0.3) is 0 Å². The molecule has 164 valence electrons. The fourth-order valence-electron chi connectivity index (χ4n) is 4.45. The molecule has 2 fully saturated rings. The van der Waals surface area contributed by atoms with E-state index in [1.54, 1.807) is 26.3 Å². The number of piperidine rings is 1. The summed E-state index contributed by atoms with van der Waals surface area (Å²) >= 11 is 0. The van der Waals surface area contributed by atoms with Gasteiger partial charge >= 0.3 is 0 Å². The quantitative estimate of drug-likeness (QED) is 0.339. The van der Waals surface area contributed by atoms with Crippen molar-refractivity contribution in [3.8, 4) is 0 Å². The van der Waals surface area contributed by atoms with Gasteiger partial charge in [0.15, 0.2) is 5.96 Å². The third-order valence-electron chi connectivity index (χ3n) is 6.17. The van der Waals surface area contributed by atoms with Crippen molar-refractivity contribution in [3.63, 3.8) is 0 Å². The van der Waals surface area contributed by atoms with Crippen LogP contribution in [0.3, 0.4) is 0 Å². The molecule has 0 bridgehead atoms. The zero-order valence-corrected chi connectivity index (χ0v) is 20.0. The zero-order chi connectivity index (χ0) is 19.8. The van der Waals surface area contributed by atoms with Gasteiger partial charge in [0.2, 0.25) is 0 Å². The van der Waals surface area contributed by atoms with Crippen LogP contribution in [0.5, 0.6) is 0 Å². The topological polar surface area (TPSA) is 48.9 Å². The fraction of sp³-hybridized carbons (Fsp3) is 0.682. The van der Waals surface area contributed by atoms with Crippen molar-refractivity contribution in [3.05, 3.63) is 35.6 Å². The van der Waals surface area contributed by atoms with E-state index in [0.29, 0.717) is 12.6 Å². The molecular weight excluding hydrogens is 482 g/mol. The fourth-order valence-corrected chi connectivity index (χ4v) is 4.45. The Kier molecular flexibility index (Phi) is 10.7. The molecule has 3 rings (SSSR count). The standard InChI is InChI=1S/C22H35FN4O.HI/c1-24-22(25-16-21(28-2)17-8-10-18(23)11-9-17)26-19-12-14-27(15-13-19)20-6-4-3-5-7-20;/h8-11,19-21H,3-7,12-16H2,1-2H3,(H2,24,25,26);1H. The number of hydrogen-bond acceptors (Lipinski definition) is 3. The van der Waals surface area contributed by atoms with E-state index in [4.69, 9.17) is 4.74 Å². The summed E-state index contributed by atoms with van der Waals surface area (Å²) in [6, 6.07) is 7.73. The Morgan fingerprint density at radius 3 is 2.38 bits per heavy atom. The molecule has 1 aliphatic heterocycles. The molecule has 1 aliphatic carbocycles. The first-order valence-electron chi connectivity index (χ1n) is 10.7. The Morgan fingerprint density at radius 2 is 1.79 bits per heavy atom. The van der Waals surface area contributed by atoms with Gasteiger partial charge < -0.3 is 20.3 Å². The van der Waals surface area contributed by atoms with Gasteiger partial charge in [-0.25, -0.2) is 4.39 Å². The summed E-state index contributed by atoms with van der Waals surface area (Å²) in [5, 5.41) is 6.93. The highest BCUT2D eigenvalue weighted by Crippen LogP contribution is 2.25. The molecule has 0 spiro atoms. The molecule has 1 aromatic rings. The Balaban J connectivity index is 0.00000300. The van der Waals surface area contributed by atoms with Crippen molar-refractivity contribution in [2.75, 3.05) is 33.8 Å². The number of benzene rings is 1. The lowest BCUT2D eigenvalue weighted by atomic mass is 9.92. The minimum Gasteiger partial charge on any atom is -0.375 e. The first-order valence-corrected chi connectivity index (χ1v) is 10.7. The number of methoxy groups -OCH3 is 1. The maximum Gasteiger partial charge on any atom is 0.191 e. The van der Waals surface area contributed by atoms with E-state index in [0.717, 1.165) is 30.4 Å². The predicted molar refractivity (Wildman–Crippen MR) is 128 cm³/mol. The second-order valence-corrected chi connectivity index (χ2v) is 7.98. The molecule has 5 nitrogen and oxygen atoms in total. The molecule has 0 aromatic heterocycles. The highest BCUT2D eigenvalue weighted by atomic mass is 127. The lowest BCUT2D eigenvalue weighted by Crippen LogP contribution is -2.51. The van der Waals surface area contributed by atoms with Crippen LogP contribution in [-0.2, 0) is 4.74 Å². The second-order valence-electron chi connectivity index (χ2n) is 7.98. The molecule has 1 heterocycles. The number of nitrogens with zero attached hydrogens (tertiary/aromatic N) is 2. The van der Waals surface area contributed by atoms with Crippen molar-refractivity contribution in [1.82, 2.24) is 15.5 Å². The Bertz CT molecular complexity index is 614. The van der Waals surface area contributed by atoms with Crippen LogP contribution in [0.2, 0.25) is 0 Å². The van der Waals surface area contributed by atoms with Gasteiger partial charge in [-0.2, -0.15) is 0 Å². The van der Waals surface area contributed by atoms with Gasteiger partial charge in [-0.3, -0.25) is 4.99 Å². The highest BCUT2D eigenvalue weighted by Gasteiger charge is 2.26. The summed E-state index contributed by atoms with van der Waals surface area (Å²) in [5.74, 6) is 0.573. The van der Waals surface area contributed by atoms with Crippen molar-refractivity contribution < 1.29 is 9.13 Å². The van der Waals surface area contributed by atoms with Crippen LogP contribution >= 0.6 is 24.0 Å². The van der Waals surface area contributed by atoms with Crippen LogP contribution in [0.15, 0.2) is 29.3 Å². The summed E-state index contributed by atoms with van der Waals surface area (Å²) in [6.07, 6.45) is 9.13. The summed E-state index contributed by atoms with van der Waals surface area (Å²) in [7, 11) is 3.47. The lowest BCUT2D eigenvalue weighted by molar-refractivity contribution is 0.105. The maximum atomic E-state index is 13.1. The molecule has 29 heavy (non-hydrogen) atoms. The van der Waals surface area contributed by atoms with Gasteiger partial charge in [-0.05, 0) is 43.4 Å². The number of halogens is 2. The van der Waals surface area contributed by atoms with Crippen LogP contribution in [0.25, 0.3) is 0 Å². The molecule has 2 N–H and O–H groups in total. The molecule has 7 heteroatoms. The average Bonchev–Trinajstić information content (AvgIpc) is 2.75. The second kappa shape index (κ2) is 12.7. The minimum atomic E-state index is -0.233. The van der Waals surface area contributed by atoms with Gasteiger partial charge in [0, 0.05) is 45.9 Å². The third kappa shape index (κ3) is 7.36. The van der Waals surface area contributed by atoms with E-state index in [1.807, 2.05) is 0 Å². The monoisotopic (exact) mass is 518 g/mol. The van der Waals surface area contributed by atoms with E-state index < -0.39 is 0 Å². The van der Waals surface area contributed by atoms with Crippen LogP contribution < -0.4 is 10.6 Å². The minimum absolute atomic E-state index is 0. The summed E-state index contributed by atoms with van der Waals surface area (Å²) < 4.78 is 18.7. The van der Waals surface area contributed by atoms with E-state index in [9.17, 15) is 4.39 Å². The number of nitrogens with one attached hydrogen (secondary N) is 2. The number of aliphatic imine (C=N–C) groups is 1. The maximum absolute atomic E-state index is 13.1. The molecule has 1 aromatic carbocycles. The number of rotatable bonds is 6. The Morgan fingerprint density at radius 1 is 1.14 bits per heavy atom. The molecule has 0 radical (unpaired) electrons. The zero-order valence-electron chi connectivity index (χ0n) is 17.7. The van der Waals surface area contributed by atoms with Crippen LogP contribution in [0.1, 0.15) is 56.6 Å². The molecule has 2 aliphatic rings. The number of hydrogen-bond donors (Lipinski definition) is 2. The van der Waals surface area contributed by atoms with Gasteiger partial charge in [0.1, 0.15) is 5.82 Å². The number of likely N-dealkylation sites (tertiary alicyclic amines) is 1. The molecular formula is C22H36FIN4O. The van der Waals surface area contributed by atoms with Crippen molar-refractivity contribution in [2.24, 2.45) is 4.99 Å². The molecule has 1 saturated carbocycles. The van der Waals surface area contributed by atoms with Gasteiger partial charge in [0.05, 0.1) is 6.10 Å². The first kappa shape index (κ1) is 24.3. The van der Waals surface area contributed by atoms with Crippen molar-refractivity contribution in [1.29, 1.82) is 0 Å². The summed E-state index contributed by atoms with van der Waals surface area (Å²) in [6.45, 7) is 2.94. The van der Waals surface area contributed by atoms with Crippen LogP contribution in [0.4, 0.5) is 4.39 Å². The number of ether oxygens (including phenoxy) is 1. The normalized spacial score (nSPS) is 20.7. The van der Waals surface area contributed by atoms with E-state index in [-0.39, 0.29) is 35.9 Å². The lowest BCUT2D eigenvalue weighted by Gasteiger charge is -2.39. The highest BCUT2D eigenvalue weighted by molar-refractivity contribution is 14.0. The molecule has 1 atom stereocenters. The van der Waals surface area contributed by atoms with E-state index in [1.165, 1.54) is 57.3 Å². The van der Waals surface area contributed by atoms with Crippen molar-refractivity contribution >= 4 is 29.9 Å². The number of guanidine groups is 1. The van der Waals surface area contributed by atoms with Gasteiger partial charge in [-0.1, -0.05) is 31.4 Å². The van der Waals surface area contributed by atoms with E-state index in [2.05, 4.69) is 20.5 Å². The van der Waals surface area contributed by atoms with Crippen molar-refractivity contribution in [2.45, 2.75) is 63.1 Å². The predicted octanol–water partition coefficient (Wildman–Crippen LogP) is 4.09. The molecule has 1 unspecified atom stereocenters. The van der Waals surface area contributed by atoms with Crippen LogP contribution in [0, 0.1) is 5.82 Å². The SMILES string of the molecule is CN=C(NCC(OC)c1ccc(F)cc1)NC1CCN(C2CCCCC2)CC1.I. The molecule has 1 saturated heterocycles. The third-order valence-corrected chi connectivity index (χ3v) is 6.17. The summed E-state index contributed by atoms with van der Waals surface area (Å²) in [5.41, 5.74) is 0.952. The molecule has 0 amide bonds. The largest absolute Gasteiger partial charge is 0.375 e. The van der Waals surface area contributed by atoms with Gasteiger partial charge in [-0.15, -0.1) is 24.0 Å². The first-order chi connectivity index (χ1) is 13.7. The van der Waals surface area contributed by atoms with E-state index >= 15 is 0 Å². The average molecular weight is 518 g/mol. The smallest absolute Gasteiger partial charge is 0.191 e. The Labute approximate surface area is 191 Å².